The second-order valence-electron chi connectivity index (χ2n) is 5.47. The van der Waals surface area contributed by atoms with Crippen LogP contribution in [0.1, 0.15) is 11.1 Å². The highest BCUT2D eigenvalue weighted by Gasteiger charge is 2.26. The van der Waals surface area contributed by atoms with Gasteiger partial charge in [-0.3, -0.25) is 20.2 Å². The molecular weight excluding hydrogens is 459 g/mol. The Morgan fingerprint density at radius 1 is 1.19 bits per heavy atom. The number of hydrogen-bond donors (Lipinski definition) is 2. The van der Waals surface area contributed by atoms with Crippen molar-refractivity contribution in [1.82, 2.24) is 10.6 Å². The van der Waals surface area contributed by atoms with Gasteiger partial charge in [-0.1, -0.05) is 33.6 Å². The van der Waals surface area contributed by atoms with E-state index in [2.05, 4.69) is 26.6 Å². The SMILES string of the molecule is O=C1NC(=S)NC(=O)C1=Cc1cc(Br)ccc1OCc1c(F)cccc1Cl. The van der Waals surface area contributed by atoms with Crippen LogP contribution in [0.4, 0.5) is 4.39 Å². The average molecular weight is 470 g/mol. The van der Waals surface area contributed by atoms with Crippen molar-refractivity contribution in [2.24, 2.45) is 0 Å². The number of carbonyl (C=O) groups is 2. The summed E-state index contributed by atoms with van der Waals surface area (Å²) in [5, 5.41) is 4.91. The molecule has 0 unspecified atom stereocenters. The highest BCUT2D eigenvalue weighted by molar-refractivity contribution is 9.10. The number of thiocarbonyl (C=S) groups is 1. The van der Waals surface area contributed by atoms with Gasteiger partial charge in [0, 0.05) is 15.6 Å². The molecular formula is C18H11BrClFN2O3S. The zero-order chi connectivity index (χ0) is 19.6. The van der Waals surface area contributed by atoms with E-state index in [9.17, 15) is 14.0 Å². The van der Waals surface area contributed by atoms with E-state index in [1.54, 1.807) is 24.3 Å². The zero-order valence-electron chi connectivity index (χ0n) is 13.5. The molecule has 0 radical (unpaired) electrons. The molecule has 2 amide bonds. The minimum absolute atomic E-state index is 0.0536. The Hall–Kier alpha value is -2.29. The van der Waals surface area contributed by atoms with Crippen LogP contribution >= 0.6 is 39.7 Å². The summed E-state index contributed by atoms with van der Waals surface area (Å²) in [6.45, 7) is -0.119. The summed E-state index contributed by atoms with van der Waals surface area (Å²) in [7, 11) is 0. The topological polar surface area (TPSA) is 67.4 Å². The number of hydrogen-bond acceptors (Lipinski definition) is 4. The first kappa shape index (κ1) is 19.5. The van der Waals surface area contributed by atoms with Crippen LogP contribution < -0.4 is 15.4 Å². The second-order valence-corrected chi connectivity index (χ2v) is 7.20. The lowest BCUT2D eigenvalue weighted by Crippen LogP contribution is -2.51. The summed E-state index contributed by atoms with van der Waals surface area (Å²) in [5.74, 6) is -1.38. The lowest BCUT2D eigenvalue weighted by Gasteiger charge is -2.17. The third-order valence-electron chi connectivity index (χ3n) is 3.65. The molecule has 0 atom stereocenters. The standard InChI is InChI=1S/C18H11BrClFN2O3S/c19-10-4-5-15(26-8-12-13(20)2-1-3-14(12)21)9(6-10)7-11-16(24)22-18(27)23-17(11)25/h1-7H,8H2,(H2,22,23,24,25,27). The van der Waals surface area contributed by atoms with Gasteiger partial charge in [0.1, 0.15) is 23.7 Å². The van der Waals surface area contributed by atoms with Gasteiger partial charge in [0.25, 0.3) is 11.8 Å². The summed E-state index contributed by atoms with van der Waals surface area (Å²) in [6, 6.07) is 9.37. The van der Waals surface area contributed by atoms with E-state index in [1.807, 2.05) is 0 Å². The van der Waals surface area contributed by atoms with Gasteiger partial charge in [0.2, 0.25) is 0 Å². The first-order chi connectivity index (χ1) is 12.8. The van der Waals surface area contributed by atoms with Crippen molar-refractivity contribution in [3.63, 3.8) is 0 Å². The quantitative estimate of drug-likeness (QED) is 0.407. The van der Waals surface area contributed by atoms with Crippen LogP contribution in [0.5, 0.6) is 5.75 Å². The number of rotatable bonds is 4. The fourth-order valence-electron chi connectivity index (χ4n) is 2.35. The van der Waals surface area contributed by atoms with Gasteiger partial charge in [-0.25, -0.2) is 4.39 Å². The van der Waals surface area contributed by atoms with Crippen LogP contribution in [0.2, 0.25) is 5.02 Å². The third kappa shape index (κ3) is 4.52. The molecule has 0 aliphatic carbocycles. The van der Waals surface area contributed by atoms with Crippen LogP contribution in [0, 0.1) is 5.82 Å². The zero-order valence-corrected chi connectivity index (χ0v) is 16.7. The second kappa shape index (κ2) is 8.16. The van der Waals surface area contributed by atoms with E-state index < -0.39 is 17.6 Å². The molecule has 5 nitrogen and oxygen atoms in total. The van der Waals surface area contributed by atoms with Crippen molar-refractivity contribution >= 4 is 62.8 Å². The van der Waals surface area contributed by atoms with E-state index in [0.29, 0.717) is 15.8 Å². The molecule has 0 spiro atoms. The highest BCUT2D eigenvalue weighted by Crippen LogP contribution is 2.28. The largest absolute Gasteiger partial charge is 0.488 e. The maximum atomic E-state index is 13.9. The van der Waals surface area contributed by atoms with Gasteiger partial charge in [-0.15, -0.1) is 0 Å². The molecule has 1 aliphatic heterocycles. The Bertz CT molecular complexity index is 954. The van der Waals surface area contributed by atoms with Gasteiger partial charge in [0.15, 0.2) is 5.11 Å². The number of carbonyl (C=O) groups excluding carboxylic acids is 2. The molecule has 138 valence electrons. The Kier molecular flexibility index (Phi) is 5.88. The Morgan fingerprint density at radius 3 is 2.56 bits per heavy atom. The van der Waals surface area contributed by atoms with E-state index in [1.165, 1.54) is 18.2 Å². The predicted octanol–water partition coefficient (Wildman–Crippen LogP) is 3.73. The van der Waals surface area contributed by atoms with Gasteiger partial charge in [-0.05, 0) is 48.6 Å². The number of benzene rings is 2. The van der Waals surface area contributed by atoms with Crippen LogP contribution in [0.15, 0.2) is 46.4 Å². The molecule has 2 N–H and O–H groups in total. The van der Waals surface area contributed by atoms with Crippen molar-refractivity contribution < 1.29 is 18.7 Å². The predicted molar refractivity (Wildman–Crippen MR) is 107 cm³/mol. The molecule has 2 aromatic carbocycles. The minimum atomic E-state index is -0.619. The number of amides is 2. The van der Waals surface area contributed by atoms with Crippen LogP contribution in [0.25, 0.3) is 6.08 Å². The summed E-state index contributed by atoms with van der Waals surface area (Å²) in [5.41, 5.74) is 0.527. The molecule has 0 aromatic heterocycles. The van der Waals surface area contributed by atoms with Crippen LogP contribution in [-0.2, 0) is 16.2 Å². The molecule has 2 aromatic rings. The summed E-state index contributed by atoms with van der Waals surface area (Å²) in [6.07, 6.45) is 1.37. The molecule has 0 bridgehead atoms. The van der Waals surface area contributed by atoms with Gasteiger partial charge >= 0.3 is 0 Å². The lowest BCUT2D eigenvalue weighted by molar-refractivity contribution is -0.123. The van der Waals surface area contributed by atoms with E-state index in [4.69, 9.17) is 28.6 Å². The summed E-state index contributed by atoms with van der Waals surface area (Å²) in [4.78, 5) is 24.1. The third-order valence-corrected chi connectivity index (χ3v) is 4.70. The lowest BCUT2D eigenvalue weighted by atomic mass is 10.1. The highest BCUT2D eigenvalue weighted by atomic mass is 79.9. The van der Waals surface area contributed by atoms with Crippen molar-refractivity contribution in [2.45, 2.75) is 6.61 Å². The van der Waals surface area contributed by atoms with Crippen molar-refractivity contribution in [1.29, 1.82) is 0 Å². The maximum absolute atomic E-state index is 13.9. The Labute approximate surface area is 172 Å². The molecule has 1 heterocycles. The molecule has 1 saturated heterocycles. The normalized spacial score (nSPS) is 13.9. The van der Waals surface area contributed by atoms with Crippen molar-refractivity contribution in [3.8, 4) is 5.75 Å². The number of ether oxygens (including phenoxy) is 1. The molecule has 3 rings (SSSR count). The van der Waals surface area contributed by atoms with Crippen molar-refractivity contribution in [2.75, 3.05) is 0 Å². The Balaban J connectivity index is 1.92. The first-order valence-electron chi connectivity index (χ1n) is 7.59. The molecule has 9 heteroatoms. The van der Waals surface area contributed by atoms with E-state index >= 15 is 0 Å². The van der Waals surface area contributed by atoms with Crippen LogP contribution in [0.3, 0.4) is 0 Å². The smallest absolute Gasteiger partial charge is 0.263 e. The van der Waals surface area contributed by atoms with E-state index in [-0.39, 0.29) is 27.9 Å². The average Bonchev–Trinajstić information content (AvgIpc) is 2.59. The number of halogens is 3. The summed E-state index contributed by atoms with van der Waals surface area (Å²) >= 11 is 14.1. The van der Waals surface area contributed by atoms with Crippen molar-refractivity contribution in [3.05, 3.63) is 68.4 Å². The van der Waals surface area contributed by atoms with Gasteiger partial charge < -0.3 is 4.74 Å². The Morgan fingerprint density at radius 2 is 1.89 bits per heavy atom. The molecule has 27 heavy (non-hydrogen) atoms. The van der Waals surface area contributed by atoms with Crippen LogP contribution in [-0.4, -0.2) is 16.9 Å². The molecule has 1 fully saturated rings. The van der Waals surface area contributed by atoms with E-state index in [0.717, 1.165) is 0 Å². The molecule has 1 aliphatic rings. The fraction of sp³-hybridized carbons (Fsp3) is 0.0556. The monoisotopic (exact) mass is 468 g/mol. The first-order valence-corrected chi connectivity index (χ1v) is 9.16. The van der Waals surface area contributed by atoms with Gasteiger partial charge in [-0.2, -0.15) is 0 Å². The van der Waals surface area contributed by atoms with Gasteiger partial charge in [0.05, 0.1) is 5.02 Å². The number of nitrogens with one attached hydrogen (secondary N) is 2. The minimum Gasteiger partial charge on any atom is -0.488 e. The molecule has 0 saturated carbocycles. The fourth-order valence-corrected chi connectivity index (χ4v) is 3.13. The summed E-state index contributed by atoms with van der Waals surface area (Å²) < 4.78 is 20.3. The maximum Gasteiger partial charge on any atom is 0.263 e.